The van der Waals surface area contributed by atoms with Gasteiger partial charge < -0.3 is 30.0 Å². The number of ether oxygens (including phenoxy) is 2. The van der Waals surface area contributed by atoms with Gasteiger partial charge in [-0.1, -0.05) is 12.1 Å². The number of benzene rings is 2. The normalized spacial score (nSPS) is 14.8. The minimum Gasteiger partial charge on any atom is -0.508 e. The molecule has 0 spiro atoms. The second-order valence-electron chi connectivity index (χ2n) is 9.08. The number of anilines is 2. The van der Waals surface area contributed by atoms with Gasteiger partial charge in [0.1, 0.15) is 29.5 Å². The molecular formula is C27H31N5O4. The summed E-state index contributed by atoms with van der Waals surface area (Å²) in [5.41, 5.74) is 4.63. The molecule has 36 heavy (non-hydrogen) atoms. The van der Waals surface area contributed by atoms with Crippen LogP contribution >= 0.6 is 0 Å². The SMILES string of the molecule is CNC(O)c1ccc(Nc2nc(OC3CCCC3)c3c(-c4ccc(O)c(C)c4)c[nH]c3n2)c(OC)c1. The average Bonchev–Trinajstić information content (AvgIpc) is 3.55. The van der Waals surface area contributed by atoms with Gasteiger partial charge in [-0.3, -0.25) is 5.32 Å². The molecule has 0 saturated heterocycles. The van der Waals surface area contributed by atoms with Crippen LogP contribution < -0.4 is 20.1 Å². The van der Waals surface area contributed by atoms with Crippen LogP contribution in [0.4, 0.5) is 11.6 Å². The molecule has 9 heteroatoms. The third-order valence-electron chi connectivity index (χ3n) is 6.65. The van der Waals surface area contributed by atoms with E-state index in [0.717, 1.165) is 47.8 Å². The Hall–Kier alpha value is -3.82. The number of fused-ring (bicyclic) bond motifs is 1. The van der Waals surface area contributed by atoms with Crippen molar-refractivity contribution in [1.82, 2.24) is 20.3 Å². The molecule has 2 aromatic carbocycles. The smallest absolute Gasteiger partial charge is 0.232 e. The molecule has 9 nitrogen and oxygen atoms in total. The van der Waals surface area contributed by atoms with Crippen molar-refractivity contribution in [3.05, 3.63) is 53.7 Å². The van der Waals surface area contributed by atoms with Crippen LogP contribution in [0.25, 0.3) is 22.2 Å². The Balaban J connectivity index is 1.56. The van der Waals surface area contributed by atoms with Crippen molar-refractivity contribution in [2.45, 2.75) is 44.9 Å². The number of aromatic hydroxyl groups is 1. The van der Waals surface area contributed by atoms with E-state index in [9.17, 15) is 10.2 Å². The van der Waals surface area contributed by atoms with Crippen LogP contribution in [0.2, 0.25) is 0 Å². The summed E-state index contributed by atoms with van der Waals surface area (Å²) in [6, 6.07) is 10.9. The van der Waals surface area contributed by atoms with E-state index in [0.29, 0.717) is 34.5 Å². The first-order valence-electron chi connectivity index (χ1n) is 12.1. The van der Waals surface area contributed by atoms with E-state index >= 15 is 0 Å². The van der Waals surface area contributed by atoms with Gasteiger partial charge in [-0.15, -0.1) is 0 Å². The quantitative estimate of drug-likeness (QED) is 0.221. The van der Waals surface area contributed by atoms with E-state index in [2.05, 4.69) is 15.6 Å². The van der Waals surface area contributed by atoms with Gasteiger partial charge in [-0.05, 0) is 80.6 Å². The molecule has 1 unspecified atom stereocenters. The third-order valence-corrected chi connectivity index (χ3v) is 6.65. The van der Waals surface area contributed by atoms with Gasteiger partial charge in [0.2, 0.25) is 11.8 Å². The minimum atomic E-state index is -0.798. The number of phenols is 1. The van der Waals surface area contributed by atoms with E-state index in [-0.39, 0.29) is 11.9 Å². The van der Waals surface area contributed by atoms with Crippen LogP contribution in [-0.2, 0) is 0 Å². The lowest BCUT2D eigenvalue weighted by atomic mass is 10.0. The number of aryl methyl sites for hydroxylation is 1. The number of nitrogens with one attached hydrogen (secondary N) is 3. The maximum absolute atomic E-state index is 10.1. The number of aliphatic hydroxyl groups is 1. The van der Waals surface area contributed by atoms with Crippen molar-refractivity contribution >= 4 is 22.7 Å². The Morgan fingerprint density at radius 2 is 1.92 bits per heavy atom. The van der Waals surface area contributed by atoms with E-state index in [1.165, 1.54) is 0 Å². The lowest BCUT2D eigenvalue weighted by Gasteiger charge is -2.17. The second-order valence-corrected chi connectivity index (χ2v) is 9.08. The van der Waals surface area contributed by atoms with E-state index < -0.39 is 6.23 Å². The molecule has 2 aromatic heterocycles. The molecule has 1 aliphatic rings. The van der Waals surface area contributed by atoms with Crippen molar-refractivity contribution in [2.75, 3.05) is 19.5 Å². The van der Waals surface area contributed by atoms with Gasteiger partial charge in [-0.2, -0.15) is 9.97 Å². The summed E-state index contributed by atoms with van der Waals surface area (Å²) < 4.78 is 12.0. The predicted octanol–water partition coefficient (Wildman–Crippen LogP) is 4.92. The molecule has 0 bridgehead atoms. The molecule has 0 amide bonds. The van der Waals surface area contributed by atoms with Gasteiger partial charge in [0.05, 0.1) is 18.2 Å². The highest BCUT2D eigenvalue weighted by molar-refractivity contribution is 5.98. The number of aromatic nitrogens is 3. The summed E-state index contributed by atoms with van der Waals surface area (Å²) in [6.45, 7) is 1.87. The number of aliphatic hydroxyl groups excluding tert-OH is 1. The molecule has 0 aliphatic heterocycles. The summed E-state index contributed by atoms with van der Waals surface area (Å²) >= 11 is 0. The monoisotopic (exact) mass is 489 g/mol. The Morgan fingerprint density at radius 3 is 2.64 bits per heavy atom. The van der Waals surface area contributed by atoms with Crippen molar-refractivity contribution in [3.8, 4) is 28.5 Å². The van der Waals surface area contributed by atoms with E-state index in [1.807, 2.05) is 31.3 Å². The standard InChI is InChI=1S/C27H31N5O4/c1-15-12-16(9-11-21(15)33)19-14-29-24-23(19)26(36-18-6-4-5-7-18)32-27(31-24)30-20-10-8-17(25(34)28-2)13-22(20)35-3/h8-14,18,25,28,33-34H,4-7H2,1-3H3,(H2,29,30,31,32). The maximum Gasteiger partial charge on any atom is 0.232 e. The lowest BCUT2D eigenvalue weighted by Crippen LogP contribution is -2.15. The van der Waals surface area contributed by atoms with E-state index in [4.69, 9.17) is 19.4 Å². The largest absolute Gasteiger partial charge is 0.508 e. The Morgan fingerprint density at radius 1 is 1.11 bits per heavy atom. The molecule has 1 atom stereocenters. The summed E-state index contributed by atoms with van der Waals surface area (Å²) in [5, 5.41) is 26.9. The Bertz CT molecular complexity index is 1380. The van der Waals surface area contributed by atoms with Gasteiger partial charge >= 0.3 is 0 Å². The number of rotatable bonds is 8. The molecule has 5 rings (SSSR count). The Kier molecular flexibility index (Phi) is 6.67. The van der Waals surface area contributed by atoms with Crippen molar-refractivity contribution in [2.24, 2.45) is 0 Å². The molecule has 2 heterocycles. The Labute approximate surface area is 209 Å². The predicted molar refractivity (Wildman–Crippen MR) is 139 cm³/mol. The third kappa shape index (κ3) is 4.67. The molecule has 1 fully saturated rings. The van der Waals surface area contributed by atoms with Gasteiger partial charge in [0.15, 0.2) is 0 Å². The average molecular weight is 490 g/mol. The molecule has 5 N–H and O–H groups in total. The second kappa shape index (κ2) is 10.0. The summed E-state index contributed by atoms with van der Waals surface area (Å²) in [6.07, 6.45) is 5.48. The highest BCUT2D eigenvalue weighted by Crippen LogP contribution is 2.38. The highest BCUT2D eigenvalue weighted by Gasteiger charge is 2.23. The van der Waals surface area contributed by atoms with Crippen molar-refractivity contribution < 1.29 is 19.7 Å². The van der Waals surface area contributed by atoms with Crippen LogP contribution in [0.1, 0.15) is 43.0 Å². The number of nitrogens with zero attached hydrogens (tertiary/aromatic N) is 2. The molecule has 4 aromatic rings. The highest BCUT2D eigenvalue weighted by atomic mass is 16.5. The van der Waals surface area contributed by atoms with Crippen LogP contribution in [0.15, 0.2) is 42.6 Å². The number of H-pyrrole nitrogens is 1. The fourth-order valence-corrected chi connectivity index (χ4v) is 4.62. The minimum absolute atomic E-state index is 0.108. The summed E-state index contributed by atoms with van der Waals surface area (Å²) in [4.78, 5) is 12.8. The first kappa shape index (κ1) is 23.9. The first-order chi connectivity index (χ1) is 17.5. The number of methoxy groups -OCH3 is 1. The van der Waals surface area contributed by atoms with Crippen molar-refractivity contribution in [1.29, 1.82) is 0 Å². The van der Waals surface area contributed by atoms with Crippen LogP contribution in [0.5, 0.6) is 17.4 Å². The zero-order chi connectivity index (χ0) is 25.2. The summed E-state index contributed by atoms with van der Waals surface area (Å²) in [7, 11) is 3.26. The lowest BCUT2D eigenvalue weighted by molar-refractivity contribution is 0.149. The molecule has 1 saturated carbocycles. The topological polar surface area (TPSA) is 125 Å². The molecule has 0 radical (unpaired) electrons. The molecular weight excluding hydrogens is 458 g/mol. The molecule has 1 aliphatic carbocycles. The fourth-order valence-electron chi connectivity index (χ4n) is 4.62. The number of phenolic OH excluding ortho intramolecular Hbond substituents is 1. The van der Waals surface area contributed by atoms with E-state index in [1.54, 1.807) is 32.4 Å². The van der Waals surface area contributed by atoms with Gasteiger partial charge in [0, 0.05) is 11.8 Å². The number of hydrogen-bond acceptors (Lipinski definition) is 8. The van der Waals surface area contributed by atoms with Crippen LogP contribution in [0, 0.1) is 6.92 Å². The van der Waals surface area contributed by atoms with Crippen LogP contribution in [-0.4, -0.2) is 45.4 Å². The van der Waals surface area contributed by atoms with Gasteiger partial charge in [0.25, 0.3) is 0 Å². The first-order valence-corrected chi connectivity index (χ1v) is 12.1. The van der Waals surface area contributed by atoms with Crippen molar-refractivity contribution in [3.63, 3.8) is 0 Å². The fraction of sp³-hybridized carbons (Fsp3) is 0.333. The molecule has 188 valence electrons. The zero-order valence-corrected chi connectivity index (χ0v) is 20.6. The number of hydrogen-bond donors (Lipinski definition) is 5. The summed E-state index contributed by atoms with van der Waals surface area (Å²) in [5.74, 6) is 1.69. The zero-order valence-electron chi connectivity index (χ0n) is 20.6. The van der Waals surface area contributed by atoms with Crippen LogP contribution in [0.3, 0.4) is 0 Å². The number of aromatic amines is 1. The maximum atomic E-state index is 10.1. The van der Waals surface area contributed by atoms with Gasteiger partial charge in [-0.25, -0.2) is 0 Å².